The van der Waals surface area contributed by atoms with Crippen molar-refractivity contribution in [1.29, 1.82) is 0 Å². The first-order valence-electron chi connectivity index (χ1n) is 10.5. The molecule has 6 nitrogen and oxygen atoms in total. The molecular formula is C25H20BrCl2NO5. The van der Waals surface area contributed by atoms with Crippen molar-refractivity contribution < 1.29 is 24.2 Å². The highest BCUT2D eigenvalue weighted by atomic mass is 79.9. The van der Waals surface area contributed by atoms with E-state index in [4.69, 9.17) is 32.7 Å². The van der Waals surface area contributed by atoms with Crippen LogP contribution in [0.4, 0.5) is 0 Å². The van der Waals surface area contributed by atoms with Crippen LogP contribution in [0.1, 0.15) is 33.8 Å². The van der Waals surface area contributed by atoms with Gasteiger partial charge in [-0.15, -0.1) is 0 Å². The average Bonchev–Trinajstić information content (AvgIpc) is 2.83. The fourth-order valence-electron chi connectivity index (χ4n) is 3.66. The topological polar surface area (TPSA) is 84.9 Å². The normalized spacial score (nSPS) is 14.6. The van der Waals surface area contributed by atoms with Gasteiger partial charge in [-0.1, -0.05) is 35.3 Å². The highest BCUT2D eigenvalue weighted by Crippen LogP contribution is 2.48. The summed E-state index contributed by atoms with van der Waals surface area (Å²) in [5.41, 5.74) is 2.08. The van der Waals surface area contributed by atoms with Gasteiger partial charge < -0.3 is 19.9 Å². The van der Waals surface area contributed by atoms with Gasteiger partial charge in [-0.2, -0.15) is 0 Å². The lowest BCUT2D eigenvalue weighted by molar-refractivity contribution is -0.139. The lowest BCUT2D eigenvalue weighted by atomic mass is 9.93. The van der Waals surface area contributed by atoms with E-state index in [2.05, 4.69) is 21.2 Å². The molecule has 1 aliphatic heterocycles. The fraction of sp³-hybridized carbons (Fsp3) is 0.200. The second kappa shape index (κ2) is 10.7. The van der Waals surface area contributed by atoms with E-state index in [1.54, 1.807) is 30.3 Å². The molecule has 2 N–H and O–H groups in total. The minimum atomic E-state index is -0.928. The van der Waals surface area contributed by atoms with Crippen molar-refractivity contribution in [2.45, 2.75) is 18.8 Å². The van der Waals surface area contributed by atoms with Crippen LogP contribution in [0.3, 0.4) is 0 Å². The Labute approximate surface area is 214 Å². The molecule has 0 aromatic heterocycles. The van der Waals surface area contributed by atoms with E-state index in [-0.39, 0.29) is 17.5 Å². The van der Waals surface area contributed by atoms with Gasteiger partial charge in [0.1, 0.15) is 16.0 Å². The van der Waals surface area contributed by atoms with E-state index >= 15 is 0 Å². The maximum atomic E-state index is 12.4. The number of rotatable bonds is 7. The molecule has 3 aromatic rings. The highest BCUT2D eigenvalue weighted by molar-refractivity contribution is 9.10. The molecule has 1 aliphatic rings. The Hall–Kier alpha value is -2.74. The first-order valence-corrected chi connectivity index (χ1v) is 12.1. The number of carboxylic acids is 1. The number of aliphatic carboxylic acids is 1. The number of carbonyl (C=O) groups is 2. The van der Waals surface area contributed by atoms with Crippen LogP contribution in [-0.4, -0.2) is 30.1 Å². The number of amides is 1. The molecule has 4 rings (SSSR count). The standard InChI is InChI=1S/C25H20BrCl2NO5/c26-21-22-19(18(25(31)32)10-12-33-22)13-20(28)23(21)34-17-7-3-15(4-8-17)24(30)29-11-9-14-1-5-16(27)6-2-14/h1-8,13,18H,9-12H2,(H,29,30)(H,31,32). The zero-order valence-corrected chi connectivity index (χ0v) is 20.9. The van der Waals surface area contributed by atoms with Crippen LogP contribution in [0, 0.1) is 0 Å². The summed E-state index contributed by atoms with van der Waals surface area (Å²) < 4.78 is 12.1. The van der Waals surface area contributed by atoms with Gasteiger partial charge in [-0.25, -0.2) is 0 Å². The predicted molar refractivity (Wildman–Crippen MR) is 134 cm³/mol. The summed E-state index contributed by atoms with van der Waals surface area (Å²) in [5.74, 6) is -0.624. The first kappa shape index (κ1) is 24.4. The molecule has 3 aromatic carbocycles. The minimum absolute atomic E-state index is 0.193. The summed E-state index contributed by atoms with van der Waals surface area (Å²) in [5, 5.41) is 13.3. The number of fused-ring (bicyclic) bond motifs is 1. The molecule has 1 unspecified atom stereocenters. The SMILES string of the molecule is O=C(NCCc1ccc(Cl)cc1)c1ccc(Oc2c(Cl)cc3c(c2Br)OCCC3C(=O)O)cc1. The van der Waals surface area contributed by atoms with Crippen LogP contribution in [0.2, 0.25) is 10.0 Å². The van der Waals surface area contributed by atoms with Crippen molar-refractivity contribution in [3.8, 4) is 17.2 Å². The number of carbonyl (C=O) groups excluding carboxylic acids is 1. The van der Waals surface area contributed by atoms with E-state index in [1.807, 2.05) is 24.3 Å². The summed E-state index contributed by atoms with van der Waals surface area (Å²) in [6, 6.07) is 15.7. The van der Waals surface area contributed by atoms with Crippen LogP contribution >= 0.6 is 39.1 Å². The van der Waals surface area contributed by atoms with E-state index < -0.39 is 11.9 Å². The maximum absolute atomic E-state index is 12.4. The predicted octanol–water partition coefficient (Wildman–Crippen LogP) is 6.47. The highest BCUT2D eigenvalue weighted by Gasteiger charge is 2.31. The van der Waals surface area contributed by atoms with Gasteiger partial charge in [0.15, 0.2) is 5.75 Å². The average molecular weight is 565 g/mol. The van der Waals surface area contributed by atoms with Crippen LogP contribution in [0.5, 0.6) is 17.2 Å². The van der Waals surface area contributed by atoms with Crippen LogP contribution in [-0.2, 0) is 11.2 Å². The molecule has 0 radical (unpaired) electrons. The van der Waals surface area contributed by atoms with Gasteiger partial charge in [-0.05, 0) is 76.8 Å². The number of benzene rings is 3. The van der Waals surface area contributed by atoms with E-state index in [1.165, 1.54) is 0 Å². The van der Waals surface area contributed by atoms with Gasteiger partial charge in [0.25, 0.3) is 5.91 Å². The Morgan fingerprint density at radius 2 is 1.82 bits per heavy atom. The quantitative estimate of drug-likeness (QED) is 0.343. The Balaban J connectivity index is 1.42. The molecule has 0 aliphatic carbocycles. The third-order valence-corrected chi connectivity index (χ3v) is 6.69. The minimum Gasteiger partial charge on any atom is -0.492 e. The Bertz CT molecular complexity index is 1220. The summed E-state index contributed by atoms with van der Waals surface area (Å²) in [6.07, 6.45) is 1.06. The molecule has 0 spiro atoms. The number of hydrogen-bond acceptors (Lipinski definition) is 4. The van der Waals surface area contributed by atoms with E-state index in [0.717, 1.165) is 5.56 Å². The molecular weight excluding hydrogens is 545 g/mol. The van der Waals surface area contributed by atoms with Gasteiger partial charge in [0.2, 0.25) is 0 Å². The molecule has 1 amide bonds. The number of hydrogen-bond donors (Lipinski definition) is 2. The third kappa shape index (κ3) is 5.49. The Kier molecular flexibility index (Phi) is 7.66. The van der Waals surface area contributed by atoms with Gasteiger partial charge in [0.05, 0.1) is 17.5 Å². The van der Waals surface area contributed by atoms with Crippen molar-refractivity contribution in [2.24, 2.45) is 0 Å². The fourth-order valence-corrected chi connectivity index (χ4v) is 4.79. The molecule has 0 saturated heterocycles. The first-order chi connectivity index (χ1) is 16.3. The Morgan fingerprint density at radius 1 is 1.12 bits per heavy atom. The van der Waals surface area contributed by atoms with Crippen molar-refractivity contribution in [2.75, 3.05) is 13.2 Å². The molecule has 34 heavy (non-hydrogen) atoms. The van der Waals surface area contributed by atoms with Crippen molar-refractivity contribution in [3.05, 3.63) is 85.8 Å². The lowest BCUT2D eigenvalue weighted by Crippen LogP contribution is -2.25. The van der Waals surface area contributed by atoms with Gasteiger partial charge in [-0.3, -0.25) is 9.59 Å². The third-order valence-electron chi connectivity index (χ3n) is 5.44. The molecule has 9 heteroatoms. The summed E-state index contributed by atoms with van der Waals surface area (Å²) in [7, 11) is 0. The molecule has 0 fully saturated rings. The van der Waals surface area contributed by atoms with Gasteiger partial charge >= 0.3 is 5.97 Å². The monoisotopic (exact) mass is 563 g/mol. The zero-order chi connectivity index (χ0) is 24.2. The van der Waals surface area contributed by atoms with Crippen molar-refractivity contribution in [3.63, 3.8) is 0 Å². The second-order valence-electron chi connectivity index (χ2n) is 7.71. The van der Waals surface area contributed by atoms with Crippen molar-refractivity contribution in [1.82, 2.24) is 5.32 Å². The zero-order valence-electron chi connectivity index (χ0n) is 17.8. The number of ether oxygens (including phenoxy) is 2. The Morgan fingerprint density at radius 3 is 2.50 bits per heavy atom. The number of halogens is 3. The molecule has 1 atom stereocenters. The second-order valence-corrected chi connectivity index (χ2v) is 9.34. The summed E-state index contributed by atoms with van der Waals surface area (Å²) in [4.78, 5) is 24.0. The van der Waals surface area contributed by atoms with E-state index in [9.17, 15) is 14.7 Å². The largest absolute Gasteiger partial charge is 0.492 e. The van der Waals surface area contributed by atoms with Crippen LogP contribution < -0.4 is 14.8 Å². The molecule has 0 bridgehead atoms. The lowest BCUT2D eigenvalue weighted by Gasteiger charge is -2.25. The summed E-state index contributed by atoms with van der Waals surface area (Å²) >= 11 is 15.7. The number of carboxylic acid groups (broad SMARTS) is 1. The molecule has 0 saturated carbocycles. The molecule has 176 valence electrons. The van der Waals surface area contributed by atoms with E-state index in [0.29, 0.717) is 57.3 Å². The summed E-state index contributed by atoms with van der Waals surface area (Å²) in [6.45, 7) is 0.777. The molecule has 1 heterocycles. The van der Waals surface area contributed by atoms with Crippen molar-refractivity contribution >= 4 is 51.0 Å². The van der Waals surface area contributed by atoms with Crippen LogP contribution in [0.25, 0.3) is 0 Å². The van der Waals surface area contributed by atoms with Crippen LogP contribution in [0.15, 0.2) is 59.1 Å². The maximum Gasteiger partial charge on any atom is 0.311 e. The number of nitrogens with one attached hydrogen (secondary N) is 1. The smallest absolute Gasteiger partial charge is 0.311 e. The van der Waals surface area contributed by atoms with Gasteiger partial charge in [0, 0.05) is 22.7 Å².